The van der Waals surface area contributed by atoms with Crippen LogP contribution >= 0.6 is 11.6 Å². The van der Waals surface area contributed by atoms with Crippen LogP contribution in [0.5, 0.6) is 0 Å². The minimum atomic E-state index is -3.51. The third kappa shape index (κ3) is 3.07. The summed E-state index contributed by atoms with van der Waals surface area (Å²) in [4.78, 5) is 28.5. The van der Waals surface area contributed by atoms with Crippen LogP contribution in [0.25, 0.3) is 16.9 Å². The number of amides is 1. The molecule has 33 heavy (non-hydrogen) atoms. The minimum absolute atomic E-state index is 0.0366. The van der Waals surface area contributed by atoms with Crippen molar-refractivity contribution in [2.45, 2.75) is 29.8 Å². The lowest BCUT2D eigenvalue weighted by Crippen LogP contribution is -2.32. The highest BCUT2D eigenvalue weighted by atomic mass is 35.5. The maximum absolute atomic E-state index is 13.4. The first-order valence-electron chi connectivity index (χ1n) is 10.4. The molecule has 0 N–H and O–H groups in total. The Morgan fingerprint density at radius 2 is 1.94 bits per heavy atom. The van der Waals surface area contributed by atoms with Gasteiger partial charge in [0.25, 0.3) is 0 Å². The molecule has 10 heteroatoms. The Labute approximate surface area is 194 Å². The van der Waals surface area contributed by atoms with Gasteiger partial charge in [0.15, 0.2) is 14.9 Å². The third-order valence-electron chi connectivity index (χ3n) is 6.31. The van der Waals surface area contributed by atoms with Crippen LogP contribution in [-0.4, -0.2) is 40.1 Å². The van der Waals surface area contributed by atoms with Crippen molar-refractivity contribution in [3.05, 3.63) is 71.3 Å². The van der Waals surface area contributed by atoms with Crippen LogP contribution in [0.15, 0.2) is 59.9 Å². The molecule has 2 aliphatic rings. The molecule has 6 rings (SSSR count). The van der Waals surface area contributed by atoms with Gasteiger partial charge in [0.1, 0.15) is 11.6 Å². The van der Waals surface area contributed by atoms with Crippen molar-refractivity contribution in [2.24, 2.45) is 0 Å². The number of hydrogen-bond acceptors (Lipinski definition) is 6. The zero-order valence-electron chi connectivity index (χ0n) is 17.6. The van der Waals surface area contributed by atoms with Gasteiger partial charge in [-0.25, -0.2) is 18.4 Å². The van der Waals surface area contributed by atoms with E-state index in [1.165, 1.54) is 6.07 Å². The average molecular weight is 480 g/mol. The molecule has 166 valence electrons. The van der Waals surface area contributed by atoms with Gasteiger partial charge in [0.05, 0.1) is 34.9 Å². The number of hydrogen-bond donors (Lipinski definition) is 0. The number of anilines is 1. The van der Waals surface area contributed by atoms with Gasteiger partial charge in [0.2, 0.25) is 5.91 Å². The second-order valence-corrected chi connectivity index (χ2v) is 10.9. The quantitative estimate of drug-likeness (QED) is 0.444. The first-order valence-corrected chi connectivity index (χ1v) is 12.7. The second-order valence-electron chi connectivity index (χ2n) is 8.47. The summed E-state index contributed by atoms with van der Waals surface area (Å²) in [5.41, 5.74) is 2.68. The highest BCUT2D eigenvalue weighted by molar-refractivity contribution is 7.90. The summed E-state index contributed by atoms with van der Waals surface area (Å²) in [6.45, 7) is 0.191. The molecular formula is C23H18ClN5O3S. The van der Waals surface area contributed by atoms with E-state index in [1.807, 2.05) is 12.1 Å². The number of halogens is 1. The standard InChI is InChI=1S/C23H18ClN5O3S/c1-33(31,32)21-4-2-3-19(27-21)29-17-6-5-14(24)11-16(17)26-20(29)13-28-18-12-25-10-7-15(18)23(8-9-23)22(28)30/h2-7,10-12H,8-9,13H2,1H3. The predicted molar refractivity (Wildman–Crippen MR) is 123 cm³/mol. The molecule has 1 spiro atoms. The molecule has 1 aliphatic carbocycles. The zero-order chi connectivity index (χ0) is 23.0. The minimum Gasteiger partial charge on any atom is -0.302 e. The lowest BCUT2D eigenvalue weighted by Gasteiger charge is -2.18. The van der Waals surface area contributed by atoms with Crippen LogP contribution < -0.4 is 4.90 Å². The molecule has 4 heterocycles. The normalized spacial score (nSPS) is 16.5. The lowest BCUT2D eigenvalue weighted by atomic mass is 9.99. The smallest absolute Gasteiger partial charge is 0.238 e. The van der Waals surface area contributed by atoms with Crippen molar-refractivity contribution in [3.8, 4) is 5.82 Å². The Balaban J connectivity index is 1.53. The molecule has 1 aromatic carbocycles. The highest BCUT2D eigenvalue weighted by Gasteiger charge is 2.59. The van der Waals surface area contributed by atoms with Crippen LogP contribution in [0.3, 0.4) is 0 Å². The number of carbonyl (C=O) groups excluding carboxylic acids is 1. The Morgan fingerprint density at radius 3 is 2.70 bits per heavy atom. The van der Waals surface area contributed by atoms with E-state index in [4.69, 9.17) is 16.6 Å². The van der Waals surface area contributed by atoms with Crippen LogP contribution in [0.1, 0.15) is 24.2 Å². The molecule has 0 radical (unpaired) electrons. The van der Waals surface area contributed by atoms with Gasteiger partial charge in [-0.2, -0.15) is 0 Å². The largest absolute Gasteiger partial charge is 0.302 e. The van der Waals surface area contributed by atoms with Crippen molar-refractivity contribution in [1.82, 2.24) is 19.5 Å². The molecule has 1 aliphatic heterocycles. The van der Waals surface area contributed by atoms with Gasteiger partial charge < -0.3 is 4.90 Å². The van der Waals surface area contributed by atoms with Crippen molar-refractivity contribution < 1.29 is 13.2 Å². The number of rotatable bonds is 4. The maximum Gasteiger partial charge on any atom is 0.238 e. The second kappa shape index (κ2) is 6.85. The Bertz CT molecular complexity index is 1580. The van der Waals surface area contributed by atoms with E-state index < -0.39 is 15.3 Å². The molecule has 8 nitrogen and oxygen atoms in total. The molecule has 4 aromatic rings. The SMILES string of the molecule is CS(=O)(=O)c1cccc(-n2c(CN3C(=O)C4(CC4)c4ccncc43)nc3cc(Cl)ccc32)n1. The summed E-state index contributed by atoms with van der Waals surface area (Å²) in [5.74, 6) is 0.989. The summed E-state index contributed by atoms with van der Waals surface area (Å²) < 4.78 is 26.0. The molecular weight excluding hydrogens is 462 g/mol. The molecule has 1 saturated carbocycles. The number of sulfone groups is 1. The molecule has 0 bridgehead atoms. The van der Waals surface area contributed by atoms with E-state index in [-0.39, 0.29) is 17.5 Å². The van der Waals surface area contributed by atoms with Gasteiger partial charge in [-0.1, -0.05) is 17.7 Å². The predicted octanol–water partition coefficient (Wildman–Crippen LogP) is 3.45. The Hall–Kier alpha value is -3.30. The van der Waals surface area contributed by atoms with Crippen LogP contribution in [0.4, 0.5) is 5.69 Å². The van der Waals surface area contributed by atoms with Gasteiger partial charge in [0, 0.05) is 17.5 Å². The fourth-order valence-corrected chi connectivity index (χ4v) is 5.35. The van der Waals surface area contributed by atoms with Crippen molar-refractivity contribution >= 4 is 44.1 Å². The molecule has 1 amide bonds. The van der Waals surface area contributed by atoms with Gasteiger partial charge in [-0.15, -0.1) is 0 Å². The summed E-state index contributed by atoms with van der Waals surface area (Å²) in [6, 6.07) is 12.0. The van der Waals surface area contributed by atoms with Crippen molar-refractivity contribution in [3.63, 3.8) is 0 Å². The van der Waals surface area contributed by atoms with E-state index in [9.17, 15) is 13.2 Å². The van der Waals surface area contributed by atoms with Gasteiger partial charge in [-0.05, 0) is 54.8 Å². The van der Waals surface area contributed by atoms with E-state index in [1.54, 1.807) is 46.1 Å². The number of aromatic nitrogens is 4. The summed E-state index contributed by atoms with van der Waals surface area (Å²) in [7, 11) is -3.51. The third-order valence-corrected chi connectivity index (χ3v) is 7.54. The number of nitrogens with zero attached hydrogens (tertiary/aromatic N) is 5. The van der Waals surface area contributed by atoms with Crippen LogP contribution in [-0.2, 0) is 26.6 Å². The fraction of sp³-hybridized carbons (Fsp3) is 0.217. The van der Waals surface area contributed by atoms with E-state index in [2.05, 4.69) is 9.97 Å². The summed E-state index contributed by atoms with van der Waals surface area (Å²) in [5, 5.41) is 0.491. The zero-order valence-corrected chi connectivity index (χ0v) is 19.1. The average Bonchev–Trinajstić information content (AvgIpc) is 3.47. The maximum atomic E-state index is 13.4. The number of pyridine rings is 2. The summed E-state index contributed by atoms with van der Waals surface area (Å²) in [6.07, 6.45) is 6.20. The van der Waals surface area contributed by atoms with E-state index in [0.717, 1.165) is 30.3 Å². The van der Waals surface area contributed by atoms with Crippen LogP contribution in [0, 0.1) is 0 Å². The van der Waals surface area contributed by atoms with E-state index in [0.29, 0.717) is 27.7 Å². The molecule has 1 fully saturated rings. The number of fused-ring (bicyclic) bond motifs is 3. The molecule has 0 saturated heterocycles. The van der Waals surface area contributed by atoms with Crippen molar-refractivity contribution in [2.75, 3.05) is 11.2 Å². The summed E-state index contributed by atoms with van der Waals surface area (Å²) >= 11 is 6.20. The van der Waals surface area contributed by atoms with Crippen molar-refractivity contribution in [1.29, 1.82) is 0 Å². The topological polar surface area (TPSA) is 98.1 Å². The molecule has 3 aromatic heterocycles. The van der Waals surface area contributed by atoms with Crippen LogP contribution in [0.2, 0.25) is 5.02 Å². The Kier molecular flexibility index (Phi) is 4.22. The molecule has 0 unspecified atom stereocenters. The lowest BCUT2D eigenvalue weighted by molar-refractivity contribution is -0.120. The first-order chi connectivity index (χ1) is 15.8. The number of benzene rings is 1. The van der Waals surface area contributed by atoms with Gasteiger partial charge in [-0.3, -0.25) is 14.3 Å². The van der Waals surface area contributed by atoms with Gasteiger partial charge >= 0.3 is 0 Å². The van der Waals surface area contributed by atoms with E-state index >= 15 is 0 Å². The highest BCUT2D eigenvalue weighted by Crippen LogP contribution is 2.57. The first kappa shape index (κ1) is 20.3. The number of imidazole rings is 1. The monoisotopic (exact) mass is 479 g/mol. The fourth-order valence-electron chi connectivity index (χ4n) is 4.60. The Morgan fingerprint density at radius 1 is 1.12 bits per heavy atom. The number of carbonyl (C=O) groups is 1. The molecule has 0 atom stereocenters.